The molecular weight excluding hydrogens is 178 g/mol. The van der Waals surface area contributed by atoms with Gasteiger partial charge in [0.15, 0.2) is 17.7 Å². The van der Waals surface area contributed by atoms with Crippen LogP contribution < -0.4 is 9.47 Å². The molecule has 0 saturated heterocycles. The van der Waals surface area contributed by atoms with Crippen molar-refractivity contribution in [1.29, 1.82) is 0 Å². The minimum atomic E-state index is 0.0369. The van der Waals surface area contributed by atoms with Gasteiger partial charge in [-0.25, -0.2) is 0 Å². The van der Waals surface area contributed by atoms with Crippen molar-refractivity contribution in [3.63, 3.8) is 0 Å². The van der Waals surface area contributed by atoms with E-state index in [1.165, 1.54) is 0 Å². The van der Waals surface area contributed by atoms with E-state index in [0.29, 0.717) is 6.61 Å². The van der Waals surface area contributed by atoms with E-state index >= 15 is 0 Å². The molecule has 0 fully saturated rings. The Labute approximate surface area is 84.2 Å². The van der Waals surface area contributed by atoms with Crippen molar-refractivity contribution < 1.29 is 9.47 Å². The third-order valence-electron chi connectivity index (χ3n) is 2.48. The number of rotatable bonds is 2. The number of para-hydroxylation sites is 2. The number of likely N-dealkylation sites (N-methyl/N-ethyl adjacent to an activating group) is 1. The van der Waals surface area contributed by atoms with Gasteiger partial charge in [0.1, 0.15) is 6.61 Å². The van der Waals surface area contributed by atoms with E-state index in [0.717, 1.165) is 18.0 Å². The standard InChI is InChI=1S/C11H15NO2/c1-3-12(2)11-8-13-9-6-4-5-7-10(9)14-11/h4-7,11H,3,8H2,1-2H3. The van der Waals surface area contributed by atoms with E-state index in [2.05, 4.69) is 11.8 Å². The molecule has 1 aliphatic heterocycles. The van der Waals surface area contributed by atoms with E-state index < -0.39 is 0 Å². The summed E-state index contributed by atoms with van der Waals surface area (Å²) in [5.74, 6) is 1.68. The molecular formula is C11H15NO2. The lowest BCUT2D eigenvalue weighted by Gasteiger charge is -2.31. The Balaban J connectivity index is 2.13. The predicted octanol–water partition coefficient (Wildman–Crippen LogP) is 1.74. The van der Waals surface area contributed by atoms with Crippen molar-refractivity contribution in [2.75, 3.05) is 20.2 Å². The van der Waals surface area contributed by atoms with Crippen LogP contribution in [0.5, 0.6) is 11.5 Å². The molecule has 0 aliphatic carbocycles. The van der Waals surface area contributed by atoms with Crippen molar-refractivity contribution in [1.82, 2.24) is 4.90 Å². The van der Waals surface area contributed by atoms with Gasteiger partial charge in [-0.2, -0.15) is 0 Å². The highest BCUT2D eigenvalue weighted by Crippen LogP contribution is 2.31. The van der Waals surface area contributed by atoms with Crippen LogP contribution in [0.2, 0.25) is 0 Å². The molecule has 1 unspecified atom stereocenters. The van der Waals surface area contributed by atoms with Crippen LogP contribution in [-0.4, -0.2) is 31.3 Å². The average molecular weight is 193 g/mol. The van der Waals surface area contributed by atoms with E-state index in [4.69, 9.17) is 9.47 Å². The van der Waals surface area contributed by atoms with Crippen LogP contribution in [0.1, 0.15) is 6.92 Å². The van der Waals surface area contributed by atoms with Crippen molar-refractivity contribution in [2.45, 2.75) is 13.2 Å². The fraction of sp³-hybridized carbons (Fsp3) is 0.455. The number of hydrogen-bond acceptors (Lipinski definition) is 3. The predicted molar refractivity (Wildman–Crippen MR) is 54.7 cm³/mol. The first kappa shape index (κ1) is 9.34. The van der Waals surface area contributed by atoms with Gasteiger partial charge in [0.05, 0.1) is 0 Å². The van der Waals surface area contributed by atoms with Gasteiger partial charge in [0.2, 0.25) is 0 Å². The maximum absolute atomic E-state index is 5.79. The zero-order chi connectivity index (χ0) is 9.97. The van der Waals surface area contributed by atoms with E-state index in [1.807, 2.05) is 31.3 Å². The Morgan fingerprint density at radius 3 is 2.79 bits per heavy atom. The number of nitrogens with zero attached hydrogens (tertiary/aromatic N) is 1. The molecule has 1 aromatic rings. The van der Waals surface area contributed by atoms with Crippen LogP contribution in [0.4, 0.5) is 0 Å². The summed E-state index contributed by atoms with van der Waals surface area (Å²) in [6, 6.07) is 7.77. The lowest BCUT2D eigenvalue weighted by Crippen LogP contribution is -2.43. The van der Waals surface area contributed by atoms with Crippen LogP contribution in [0.3, 0.4) is 0 Å². The second-order valence-electron chi connectivity index (χ2n) is 3.40. The summed E-state index contributed by atoms with van der Waals surface area (Å²) in [4.78, 5) is 2.12. The first-order valence-electron chi connectivity index (χ1n) is 4.90. The molecule has 2 rings (SSSR count). The van der Waals surface area contributed by atoms with Gasteiger partial charge < -0.3 is 9.47 Å². The van der Waals surface area contributed by atoms with Gasteiger partial charge in [-0.1, -0.05) is 19.1 Å². The molecule has 0 amide bonds. The highest BCUT2D eigenvalue weighted by atomic mass is 16.6. The summed E-state index contributed by atoms with van der Waals surface area (Å²) in [6.07, 6.45) is 0.0369. The molecule has 1 aromatic carbocycles. The van der Waals surface area contributed by atoms with Crippen molar-refractivity contribution in [2.24, 2.45) is 0 Å². The van der Waals surface area contributed by atoms with Crippen LogP contribution in [0.15, 0.2) is 24.3 Å². The minimum absolute atomic E-state index is 0.0369. The summed E-state index contributed by atoms with van der Waals surface area (Å²) >= 11 is 0. The van der Waals surface area contributed by atoms with Crippen LogP contribution >= 0.6 is 0 Å². The van der Waals surface area contributed by atoms with Gasteiger partial charge in [-0.05, 0) is 25.7 Å². The number of ether oxygens (including phenoxy) is 2. The Hall–Kier alpha value is -1.22. The molecule has 3 nitrogen and oxygen atoms in total. The van der Waals surface area contributed by atoms with Gasteiger partial charge in [0.25, 0.3) is 0 Å². The second kappa shape index (κ2) is 3.88. The SMILES string of the molecule is CCN(C)C1COc2ccccc2O1. The normalized spacial score (nSPS) is 19.8. The Bertz CT molecular complexity index is 314. The summed E-state index contributed by atoms with van der Waals surface area (Å²) in [6.45, 7) is 3.65. The molecule has 0 spiro atoms. The van der Waals surface area contributed by atoms with Crippen LogP contribution in [-0.2, 0) is 0 Å². The number of fused-ring (bicyclic) bond motifs is 1. The molecule has 1 heterocycles. The summed E-state index contributed by atoms with van der Waals surface area (Å²) < 4.78 is 11.4. The molecule has 0 aromatic heterocycles. The third kappa shape index (κ3) is 1.68. The van der Waals surface area contributed by atoms with Crippen molar-refractivity contribution in [3.8, 4) is 11.5 Å². The lowest BCUT2D eigenvalue weighted by molar-refractivity contribution is -0.0125. The first-order valence-corrected chi connectivity index (χ1v) is 4.90. The summed E-state index contributed by atoms with van der Waals surface area (Å²) in [5, 5.41) is 0. The molecule has 1 atom stereocenters. The minimum Gasteiger partial charge on any atom is -0.484 e. The van der Waals surface area contributed by atoms with Crippen LogP contribution in [0, 0.1) is 0 Å². The molecule has 0 saturated carbocycles. The monoisotopic (exact) mass is 193 g/mol. The van der Waals surface area contributed by atoms with Gasteiger partial charge in [-0.15, -0.1) is 0 Å². The Morgan fingerprint density at radius 1 is 1.36 bits per heavy atom. The van der Waals surface area contributed by atoms with E-state index in [1.54, 1.807) is 0 Å². The lowest BCUT2D eigenvalue weighted by atomic mass is 10.3. The van der Waals surface area contributed by atoms with E-state index in [-0.39, 0.29) is 6.23 Å². The summed E-state index contributed by atoms with van der Waals surface area (Å²) in [5.41, 5.74) is 0. The van der Waals surface area contributed by atoms with Gasteiger partial charge in [0, 0.05) is 0 Å². The fourth-order valence-corrected chi connectivity index (χ4v) is 1.43. The maximum atomic E-state index is 5.79. The number of benzene rings is 1. The highest BCUT2D eigenvalue weighted by Gasteiger charge is 2.22. The molecule has 14 heavy (non-hydrogen) atoms. The molecule has 76 valence electrons. The average Bonchev–Trinajstić information content (AvgIpc) is 2.27. The topological polar surface area (TPSA) is 21.7 Å². The smallest absolute Gasteiger partial charge is 0.186 e. The molecule has 0 bridgehead atoms. The van der Waals surface area contributed by atoms with Crippen molar-refractivity contribution in [3.05, 3.63) is 24.3 Å². The number of hydrogen-bond donors (Lipinski definition) is 0. The largest absolute Gasteiger partial charge is 0.484 e. The Kier molecular flexibility index (Phi) is 2.59. The molecule has 3 heteroatoms. The van der Waals surface area contributed by atoms with Gasteiger partial charge in [-0.3, -0.25) is 4.90 Å². The molecule has 0 radical (unpaired) electrons. The quantitative estimate of drug-likeness (QED) is 0.714. The second-order valence-corrected chi connectivity index (χ2v) is 3.40. The molecule has 0 N–H and O–H groups in total. The Morgan fingerprint density at radius 2 is 2.07 bits per heavy atom. The van der Waals surface area contributed by atoms with E-state index in [9.17, 15) is 0 Å². The summed E-state index contributed by atoms with van der Waals surface area (Å²) in [7, 11) is 2.03. The van der Waals surface area contributed by atoms with Gasteiger partial charge >= 0.3 is 0 Å². The third-order valence-corrected chi connectivity index (χ3v) is 2.48. The fourth-order valence-electron chi connectivity index (χ4n) is 1.43. The van der Waals surface area contributed by atoms with Crippen molar-refractivity contribution >= 4 is 0 Å². The van der Waals surface area contributed by atoms with Crippen LogP contribution in [0.25, 0.3) is 0 Å². The highest BCUT2D eigenvalue weighted by molar-refractivity contribution is 5.40. The zero-order valence-corrected chi connectivity index (χ0v) is 8.56. The first-order chi connectivity index (χ1) is 6.81. The zero-order valence-electron chi connectivity index (χ0n) is 8.56. The molecule has 1 aliphatic rings. The maximum Gasteiger partial charge on any atom is 0.186 e.